The van der Waals surface area contributed by atoms with Gasteiger partial charge < -0.3 is 26.1 Å². The molecule has 0 aromatic carbocycles. The second-order valence-electron chi connectivity index (χ2n) is 8.43. The van der Waals surface area contributed by atoms with Gasteiger partial charge in [0.25, 0.3) is 11.8 Å². The maximum Gasteiger partial charge on any atom is 0.352 e. The van der Waals surface area contributed by atoms with Crippen LogP contribution in [-0.4, -0.2) is 77.4 Å². The Labute approximate surface area is 217 Å². The van der Waals surface area contributed by atoms with E-state index >= 15 is 0 Å². The van der Waals surface area contributed by atoms with Crippen molar-refractivity contribution in [2.75, 3.05) is 11.5 Å². The predicted molar refractivity (Wildman–Crippen MR) is 130 cm³/mol. The average molecular weight is 549 g/mol. The zero-order chi connectivity index (χ0) is 26.9. The number of nitrogen functional groups attached to an aromatic ring is 1. The lowest BCUT2D eigenvalue weighted by Gasteiger charge is -2.49. The van der Waals surface area contributed by atoms with Crippen LogP contribution in [0.5, 0.6) is 0 Å². The van der Waals surface area contributed by atoms with Crippen LogP contribution in [-0.2, 0) is 30.6 Å². The number of thiazole rings is 1. The molecule has 2 aliphatic heterocycles. The number of nitrogens with two attached hydrogens (primary N) is 1. The molecule has 0 bridgehead atoms. The number of hydrogen-bond acceptors (Lipinski definition) is 11. The molecule has 4 rings (SSSR count). The van der Waals surface area contributed by atoms with E-state index in [1.54, 1.807) is 29.2 Å². The quantitative estimate of drug-likeness (QED) is 0.135. The molecule has 2 aliphatic rings. The van der Waals surface area contributed by atoms with Crippen molar-refractivity contribution in [3.05, 3.63) is 46.9 Å². The van der Waals surface area contributed by atoms with E-state index in [0.29, 0.717) is 11.3 Å². The minimum atomic E-state index is -1.75. The molecule has 194 valence electrons. The number of amides is 2. The van der Waals surface area contributed by atoms with Crippen LogP contribution < -0.4 is 15.7 Å². The van der Waals surface area contributed by atoms with Crippen LogP contribution in [0.15, 0.2) is 46.3 Å². The normalized spacial score (nSPS) is 19.7. The van der Waals surface area contributed by atoms with Crippen LogP contribution in [0.2, 0.25) is 0 Å². The highest BCUT2D eigenvalue weighted by molar-refractivity contribution is 8.00. The summed E-state index contributed by atoms with van der Waals surface area (Å²) in [6.07, 6.45) is 3.25. The number of rotatable bonds is 9. The van der Waals surface area contributed by atoms with Gasteiger partial charge in [0.05, 0.1) is 6.20 Å². The lowest BCUT2D eigenvalue weighted by molar-refractivity contribution is -0.746. The van der Waals surface area contributed by atoms with Crippen molar-refractivity contribution in [1.29, 1.82) is 0 Å². The third kappa shape index (κ3) is 5.24. The van der Waals surface area contributed by atoms with Gasteiger partial charge in [-0.05, 0) is 25.0 Å². The van der Waals surface area contributed by atoms with E-state index in [2.05, 4.69) is 20.6 Å². The number of carboxylic acids is 2. The van der Waals surface area contributed by atoms with Gasteiger partial charge in [0.15, 0.2) is 23.6 Å². The van der Waals surface area contributed by atoms with Gasteiger partial charge in [-0.1, -0.05) is 9.84 Å². The van der Waals surface area contributed by atoms with E-state index in [4.69, 9.17) is 10.6 Å². The molecule has 0 aliphatic carbocycles. The van der Waals surface area contributed by atoms with Crippen LogP contribution in [0.3, 0.4) is 0 Å². The lowest BCUT2D eigenvalue weighted by Crippen LogP contribution is -2.71. The number of nitrogens with one attached hydrogen (secondary N) is 1. The van der Waals surface area contributed by atoms with Gasteiger partial charge in [0, 0.05) is 22.8 Å². The Kier molecular flexibility index (Phi) is 7.13. The molecule has 14 nitrogen and oxygen atoms in total. The molecule has 1 fully saturated rings. The molecule has 2 aromatic heterocycles. The number of fused-ring (bicyclic) bond motifs is 1. The number of anilines is 1. The van der Waals surface area contributed by atoms with Crippen molar-refractivity contribution >= 4 is 57.7 Å². The van der Waals surface area contributed by atoms with Crippen molar-refractivity contribution in [3.8, 4) is 0 Å². The maximum atomic E-state index is 13.1. The summed E-state index contributed by atoms with van der Waals surface area (Å²) < 4.78 is 1.56. The van der Waals surface area contributed by atoms with Crippen molar-refractivity contribution < 1.29 is 38.9 Å². The third-order valence-corrected chi connectivity index (χ3v) is 7.43. The molecule has 0 saturated carbocycles. The molecule has 16 heteroatoms. The average Bonchev–Trinajstić information content (AvgIpc) is 3.28. The molecule has 37 heavy (non-hydrogen) atoms. The highest BCUT2D eigenvalue weighted by Crippen LogP contribution is 2.40. The second kappa shape index (κ2) is 10.1. The van der Waals surface area contributed by atoms with Crippen LogP contribution in [0, 0.1) is 0 Å². The van der Waals surface area contributed by atoms with Crippen molar-refractivity contribution in [1.82, 2.24) is 20.3 Å². The Hall–Kier alpha value is -4.05. The van der Waals surface area contributed by atoms with Gasteiger partial charge in [-0.2, -0.15) is 0 Å². The van der Waals surface area contributed by atoms with E-state index < -0.39 is 40.8 Å². The molecule has 2 aromatic rings. The van der Waals surface area contributed by atoms with Gasteiger partial charge in [-0.15, -0.1) is 23.1 Å². The summed E-state index contributed by atoms with van der Waals surface area (Å²) in [4.78, 5) is 59.8. The Bertz CT molecular complexity index is 1330. The van der Waals surface area contributed by atoms with Gasteiger partial charge in [-0.25, -0.2) is 14.6 Å². The summed E-state index contributed by atoms with van der Waals surface area (Å²) in [6, 6.07) is 2.43. The van der Waals surface area contributed by atoms with Gasteiger partial charge >= 0.3 is 11.9 Å². The first-order chi connectivity index (χ1) is 17.5. The fraction of sp³-hybridized carbons (Fsp3) is 0.333. The number of thioether (sulfide) groups is 1. The summed E-state index contributed by atoms with van der Waals surface area (Å²) >= 11 is 2.32. The number of hydrogen-bond donors (Lipinski definition) is 4. The zero-order valence-electron chi connectivity index (χ0n) is 19.5. The Morgan fingerprint density at radius 1 is 1.35 bits per heavy atom. The molecule has 2 amide bonds. The van der Waals surface area contributed by atoms with Gasteiger partial charge in [0.2, 0.25) is 5.60 Å². The van der Waals surface area contributed by atoms with Crippen molar-refractivity contribution in [2.45, 2.75) is 37.4 Å². The van der Waals surface area contributed by atoms with Crippen LogP contribution in [0.1, 0.15) is 19.5 Å². The summed E-state index contributed by atoms with van der Waals surface area (Å²) in [5.74, 6) is -3.76. The fourth-order valence-electron chi connectivity index (χ4n) is 3.46. The predicted octanol–water partition coefficient (Wildman–Crippen LogP) is -0.569. The van der Waals surface area contributed by atoms with E-state index in [1.165, 1.54) is 31.0 Å². The van der Waals surface area contributed by atoms with Gasteiger partial charge in [-0.3, -0.25) is 14.5 Å². The standard InChI is InChI=1S/C21H21N7O7S2/c1-21(2,19(33)34)35-26-12(11-9-37-20(22)24-11)15(29)25-13-16(30)28-14(18(31)32)10(8-36-17(13)28)7-27-6-4-3-5-23-27/h3-6,9,13,17H,7-8H2,1-2H3,(H4-,22,24,25,29,31,32,33,34)/p+1/t13-,17-/m1/s1. The number of carbonyl (C=O) groups is 4. The summed E-state index contributed by atoms with van der Waals surface area (Å²) in [5, 5.41) is 30.4. The largest absolute Gasteiger partial charge is 0.478 e. The number of nitrogens with zero attached hydrogens (tertiary/aromatic N) is 5. The Morgan fingerprint density at radius 3 is 2.70 bits per heavy atom. The number of oxime groups is 1. The van der Waals surface area contributed by atoms with Crippen LogP contribution in [0.4, 0.5) is 5.13 Å². The number of carboxylic acid groups (broad SMARTS) is 2. The molecule has 0 spiro atoms. The first kappa shape index (κ1) is 26.0. The molecule has 4 heterocycles. The summed E-state index contributed by atoms with van der Waals surface area (Å²) in [6.45, 7) is 2.68. The molecule has 2 atom stereocenters. The van der Waals surface area contributed by atoms with E-state index in [0.717, 1.165) is 16.2 Å². The third-order valence-electron chi connectivity index (χ3n) is 5.42. The van der Waals surface area contributed by atoms with E-state index in [-0.39, 0.29) is 28.8 Å². The lowest BCUT2D eigenvalue weighted by atomic mass is 10.0. The van der Waals surface area contributed by atoms with E-state index in [9.17, 15) is 29.4 Å². The molecule has 0 unspecified atom stereocenters. The second-order valence-corrected chi connectivity index (χ2v) is 10.4. The minimum Gasteiger partial charge on any atom is -0.478 e. The fourth-order valence-corrected chi connectivity index (χ4v) is 5.35. The summed E-state index contributed by atoms with van der Waals surface area (Å²) in [7, 11) is 0. The Balaban J connectivity index is 1.55. The highest BCUT2D eigenvalue weighted by Gasteiger charge is 2.55. The maximum absolute atomic E-state index is 13.1. The van der Waals surface area contributed by atoms with Crippen LogP contribution in [0.25, 0.3) is 0 Å². The minimum absolute atomic E-state index is 0.0295. The highest BCUT2D eigenvalue weighted by atomic mass is 32.2. The first-order valence-corrected chi connectivity index (χ1v) is 12.6. The van der Waals surface area contributed by atoms with Crippen molar-refractivity contribution in [2.24, 2.45) is 5.16 Å². The number of β-lactam (4-membered cyclic amide) rings is 1. The number of carbonyl (C=O) groups excluding carboxylic acids is 2. The van der Waals surface area contributed by atoms with Crippen LogP contribution >= 0.6 is 23.1 Å². The monoisotopic (exact) mass is 548 g/mol. The zero-order valence-corrected chi connectivity index (χ0v) is 21.2. The van der Waals surface area contributed by atoms with E-state index in [1.807, 2.05) is 0 Å². The molecule has 1 saturated heterocycles. The molecule has 0 radical (unpaired) electrons. The molecular weight excluding hydrogens is 526 g/mol. The number of aliphatic carboxylic acids is 2. The number of aromatic nitrogens is 3. The first-order valence-electron chi connectivity index (χ1n) is 10.7. The SMILES string of the molecule is CC(C)(ON=C(C(=O)N[C@@H]1C(=O)N2C(C(=O)O)=C(C[n+]3ccccn3)CS[C@H]12)c1csc(N)n1)C(=O)O. The Morgan fingerprint density at radius 2 is 2.11 bits per heavy atom. The topological polar surface area (TPSA) is 201 Å². The van der Waals surface area contributed by atoms with Crippen molar-refractivity contribution in [3.63, 3.8) is 0 Å². The summed E-state index contributed by atoms with van der Waals surface area (Å²) in [5.41, 5.74) is 3.91. The molecular formula is C21H22N7O7S2+. The van der Waals surface area contributed by atoms with Gasteiger partial charge in [0.1, 0.15) is 22.8 Å². The molecule has 5 N–H and O–H groups in total. The smallest absolute Gasteiger partial charge is 0.352 e.